The Bertz CT molecular complexity index is 962. The Kier molecular flexibility index (Phi) is 10.3. The van der Waals surface area contributed by atoms with E-state index in [0.717, 1.165) is 12.8 Å². The zero-order chi connectivity index (χ0) is 24.2. The molecule has 2 rings (SSSR count). The number of carbonyl (C=O) groups is 2. The first kappa shape index (κ1) is 25.8. The maximum Gasteiger partial charge on any atom is 0.262 e. The second-order valence-electron chi connectivity index (χ2n) is 7.75. The van der Waals surface area contributed by atoms with Gasteiger partial charge in [0.25, 0.3) is 11.8 Å². The van der Waals surface area contributed by atoms with Gasteiger partial charge in [0.05, 0.1) is 25.0 Å². The molecule has 0 aliphatic carbocycles. The molecule has 0 bridgehead atoms. The Labute approximate surface area is 194 Å². The summed E-state index contributed by atoms with van der Waals surface area (Å²) in [5, 5.41) is 6.58. The van der Waals surface area contributed by atoms with E-state index in [-0.39, 0.29) is 11.5 Å². The molecule has 178 valence electrons. The molecule has 0 heterocycles. The maximum atomic E-state index is 13.9. The van der Waals surface area contributed by atoms with Crippen molar-refractivity contribution in [1.29, 1.82) is 0 Å². The van der Waals surface area contributed by atoms with E-state index in [2.05, 4.69) is 22.8 Å². The van der Waals surface area contributed by atoms with Crippen LogP contribution in [-0.4, -0.2) is 37.3 Å². The summed E-state index contributed by atoms with van der Waals surface area (Å²) < 4.78 is 25.3. The minimum atomic E-state index is -0.886. The molecule has 2 aromatic rings. The number of hydrogen-bond acceptors (Lipinski definition) is 5. The zero-order valence-electron chi connectivity index (χ0n) is 19.6. The highest BCUT2D eigenvalue weighted by Gasteiger charge is 2.25. The van der Waals surface area contributed by atoms with E-state index in [1.165, 1.54) is 24.4 Å². The average molecular weight is 458 g/mol. The first-order valence-corrected chi connectivity index (χ1v) is 11.1. The summed E-state index contributed by atoms with van der Waals surface area (Å²) in [5.41, 5.74) is 3.03. The molecule has 0 saturated carbocycles. The van der Waals surface area contributed by atoms with Crippen molar-refractivity contribution in [1.82, 2.24) is 10.7 Å². The number of benzene rings is 2. The molecule has 0 aliphatic rings. The van der Waals surface area contributed by atoms with Crippen molar-refractivity contribution in [3.05, 3.63) is 59.4 Å². The van der Waals surface area contributed by atoms with Gasteiger partial charge in [0.15, 0.2) is 11.5 Å². The van der Waals surface area contributed by atoms with E-state index in [0.29, 0.717) is 30.3 Å². The van der Waals surface area contributed by atoms with Gasteiger partial charge in [0, 0.05) is 0 Å². The number of unbranched alkanes of at least 4 members (excludes halogenated alkanes) is 1. The summed E-state index contributed by atoms with van der Waals surface area (Å²) in [4.78, 5) is 25.0. The lowest BCUT2D eigenvalue weighted by atomic mass is 10.0. The van der Waals surface area contributed by atoms with Gasteiger partial charge in [0.2, 0.25) is 0 Å². The van der Waals surface area contributed by atoms with Crippen molar-refractivity contribution < 1.29 is 23.5 Å². The number of rotatable bonds is 12. The van der Waals surface area contributed by atoms with Crippen molar-refractivity contribution in [2.75, 3.05) is 13.2 Å². The smallest absolute Gasteiger partial charge is 0.262 e. The molecule has 0 saturated heterocycles. The lowest BCUT2D eigenvalue weighted by molar-refractivity contribution is -0.123. The van der Waals surface area contributed by atoms with E-state index in [4.69, 9.17) is 9.47 Å². The van der Waals surface area contributed by atoms with Crippen molar-refractivity contribution >= 4 is 18.0 Å². The fourth-order valence-electron chi connectivity index (χ4n) is 2.96. The quantitative estimate of drug-likeness (QED) is 0.282. The van der Waals surface area contributed by atoms with Crippen molar-refractivity contribution in [3.8, 4) is 11.5 Å². The van der Waals surface area contributed by atoms with Gasteiger partial charge in [-0.1, -0.05) is 39.3 Å². The summed E-state index contributed by atoms with van der Waals surface area (Å²) in [6.45, 7) is 8.63. The summed E-state index contributed by atoms with van der Waals surface area (Å²) in [6.07, 6.45) is 3.46. The summed E-state index contributed by atoms with van der Waals surface area (Å²) in [7, 11) is 0. The molecular weight excluding hydrogens is 425 g/mol. The molecule has 7 nitrogen and oxygen atoms in total. The van der Waals surface area contributed by atoms with Crippen LogP contribution >= 0.6 is 0 Å². The van der Waals surface area contributed by atoms with Crippen LogP contribution in [0, 0.1) is 11.7 Å². The van der Waals surface area contributed by atoms with Gasteiger partial charge in [-0.2, -0.15) is 5.10 Å². The highest BCUT2D eigenvalue weighted by Crippen LogP contribution is 2.28. The van der Waals surface area contributed by atoms with E-state index in [1.54, 1.807) is 38.1 Å². The van der Waals surface area contributed by atoms with Crippen LogP contribution in [0.5, 0.6) is 11.5 Å². The summed E-state index contributed by atoms with van der Waals surface area (Å²) in [6, 6.07) is 10.1. The van der Waals surface area contributed by atoms with Crippen LogP contribution in [0.1, 0.15) is 56.5 Å². The average Bonchev–Trinajstić information content (AvgIpc) is 2.79. The summed E-state index contributed by atoms with van der Waals surface area (Å²) >= 11 is 0. The first-order chi connectivity index (χ1) is 15.9. The molecule has 1 unspecified atom stereocenters. The minimum Gasteiger partial charge on any atom is -0.490 e. The van der Waals surface area contributed by atoms with E-state index in [1.807, 2.05) is 6.92 Å². The number of nitrogens with zero attached hydrogens (tertiary/aromatic N) is 1. The van der Waals surface area contributed by atoms with Crippen LogP contribution in [0.25, 0.3) is 0 Å². The van der Waals surface area contributed by atoms with E-state index >= 15 is 0 Å². The Morgan fingerprint density at radius 2 is 1.85 bits per heavy atom. The highest BCUT2D eigenvalue weighted by atomic mass is 19.1. The fourth-order valence-corrected chi connectivity index (χ4v) is 2.96. The third-order valence-corrected chi connectivity index (χ3v) is 4.77. The van der Waals surface area contributed by atoms with Gasteiger partial charge < -0.3 is 14.8 Å². The monoisotopic (exact) mass is 457 g/mol. The number of amides is 2. The van der Waals surface area contributed by atoms with Crippen LogP contribution in [0.4, 0.5) is 4.39 Å². The van der Waals surface area contributed by atoms with Gasteiger partial charge in [0.1, 0.15) is 11.9 Å². The topological polar surface area (TPSA) is 89.0 Å². The lowest BCUT2D eigenvalue weighted by Crippen LogP contribution is -2.48. The Hall–Kier alpha value is -3.42. The molecule has 1 atom stereocenters. The van der Waals surface area contributed by atoms with Gasteiger partial charge in [-0.15, -0.1) is 0 Å². The summed E-state index contributed by atoms with van der Waals surface area (Å²) in [5.74, 6) is -0.798. The second-order valence-corrected chi connectivity index (χ2v) is 7.75. The standard InChI is InChI=1S/C25H32FN3O4/c1-5-7-14-33-21-13-12-18(15-22(21)32-6-2)16-27-29-25(31)23(17(3)4)28-24(30)19-10-8-9-11-20(19)26/h8-13,15-17,23H,5-7,14H2,1-4H3,(H,28,30)(H,29,31)/b27-16+. The molecule has 2 amide bonds. The number of ether oxygens (including phenoxy) is 2. The van der Waals surface area contributed by atoms with Crippen molar-refractivity contribution in [3.63, 3.8) is 0 Å². The van der Waals surface area contributed by atoms with Gasteiger partial charge in [-0.3, -0.25) is 9.59 Å². The number of hydrogen-bond donors (Lipinski definition) is 2. The third-order valence-electron chi connectivity index (χ3n) is 4.77. The maximum absolute atomic E-state index is 13.9. The molecule has 33 heavy (non-hydrogen) atoms. The zero-order valence-corrected chi connectivity index (χ0v) is 19.6. The molecule has 0 spiro atoms. The SMILES string of the molecule is CCCCOc1ccc(/C=N/NC(=O)C(NC(=O)c2ccccc2F)C(C)C)cc1OCC. The van der Waals surface area contributed by atoms with Gasteiger partial charge in [-0.05, 0) is 55.2 Å². The fraction of sp³-hybridized carbons (Fsp3) is 0.400. The Balaban J connectivity index is 2.04. The number of nitrogens with one attached hydrogen (secondary N) is 2. The third kappa shape index (κ3) is 7.89. The lowest BCUT2D eigenvalue weighted by Gasteiger charge is -2.20. The molecular formula is C25H32FN3O4. The highest BCUT2D eigenvalue weighted by molar-refractivity contribution is 5.98. The van der Waals surface area contributed by atoms with Gasteiger partial charge >= 0.3 is 0 Å². The minimum absolute atomic E-state index is 0.121. The number of halogens is 1. The van der Waals surface area contributed by atoms with Gasteiger partial charge in [-0.25, -0.2) is 9.82 Å². The molecule has 8 heteroatoms. The predicted octanol–water partition coefficient (Wildman–Crippen LogP) is 4.31. The first-order valence-electron chi connectivity index (χ1n) is 11.1. The molecule has 0 radical (unpaired) electrons. The van der Waals surface area contributed by atoms with E-state index in [9.17, 15) is 14.0 Å². The Morgan fingerprint density at radius 1 is 1.09 bits per heavy atom. The second kappa shape index (κ2) is 13.2. The van der Waals surface area contributed by atoms with Crippen LogP contribution in [0.3, 0.4) is 0 Å². The molecule has 0 aromatic heterocycles. The van der Waals surface area contributed by atoms with Crippen LogP contribution < -0.4 is 20.2 Å². The van der Waals surface area contributed by atoms with E-state index < -0.39 is 23.7 Å². The predicted molar refractivity (Wildman–Crippen MR) is 126 cm³/mol. The normalized spacial score (nSPS) is 11.9. The van der Waals surface area contributed by atoms with Crippen molar-refractivity contribution in [2.24, 2.45) is 11.0 Å². The number of hydrazone groups is 1. The van der Waals surface area contributed by atoms with Crippen LogP contribution in [-0.2, 0) is 4.79 Å². The largest absolute Gasteiger partial charge is 0.490 e. The molecule has 2 N–H and O–H groups in total. The Morgan fingerprint density at radius 3 is 2.52 bits per heavy atom. The molecule has 2 aromatic carbocycles. The molecule has 0 aliphatic heterocycles. The number of carbonyl (C=O) groups excluding carboxylic acids is 2. The van der Waals surface area contributed by atoms with Crippen LogP contribution in [0.2, 0.25) is 0 Å². The van der Waals surface area contributed by atoms with Crippen LogP contribution in [0.15, 0.2) is 47.6 Å². The molecule has 0 fully saturated rings. The van der Waals surface area contributed by atoms with Crippen molar-refractivity contribution in [2.45, 2.75) is 46.6 Å².